The summed E-state index contributed by atoms with van der Waals surface area (Å²) >= 11 is 0. The Morgan fingerprint density at radius 3 is 2.52 bits per heavy atom. The van der Waals surface area contributed by atoms with E-state index in [9.17, 15) is 0 Å². The van der Waals surface area contributed by atoms with Gasteiger partial charge in [0.2, 0.25) is 0 Å². The van der Waals surface area contributed by atoms with Gasteiger partial charge >= 0.3 is 0 Å². The van der Waals surface area contributed by atoms with E-state index in [1.807, 2.05) is 6.20 Å². The minimum absolute atomic E-state index is 0.691. The topological polar surface area (TPSA) is 49.0 Å². The average molecular weight is 395 g/mol. The van der Waals surface area contributed by atoms with Crippen LogP contribution in [0.25, 0.3) is 5.52 Å². The molecular weight excluding hydrogens is 360 g/mol. The molecule has 2 aliphatic rings. The third-order valence-corrected chi connectivity index (χ3v) is 6.44. The number of piperidine rings is 1. The van der Waals surface area contributed by atoms with E-state index >= 15 is 0 Å². The monoisotopic (exact) mass is 394 g/mol. The lowest BCUT2D eigenvalue weighted by Gasteiger charge is -2.39. The third kappa shape index (κ3) is 3.82. The Bertz CT molecular complexity index is 913. The fourth-order valence-corrected chi connectivity index (χ4v) is 4.85. The standard InChI is InChI=1S/C23H34N6/c1-5-19-22-16-21(20-10-8-9-13-24-20)26-29(22)23(17(4)25-19)28-14-11-18(12-15-28)27(6-2)7-3/h9,13,16,18H,5-8,10-12,14-15H2,1-4H3. The van der Waals surface area contributed by atoms with Gasteiger partial charge in [0.1, 0.15) is 5.69 Å². The number of aromatic nitrogens is 3. The van der Waals surface area contributed by atoms with Crippen molar-refractivity contribution in [2.45, 2.75) is 65.8 Å². The highest BCUT2D eigenvalue weighted by molar-refractivity contribution is 6.01. The second kappa shape index (κ2) is 8.66. The van der Waals surface area contributed by atoms with E-state index in [0.717, 1.165) is 79.6 Å². The average Bonchev–Trinajstić information content (AvgIpc) is 3.20. The van der Waals surface area contributed by atoms with Gasteiger partial charge in [-0.1, -0.05) is 26.8 Å². The second-order valence-corrected chi connectivity index (χ2v) is 8.09. The Balaban J connectivity index is 1.69. The first-order valence-corrected chi connectivity index (χ1v) is 11.3. The zero-order valence-corrected chi connectivity index (χ0v) is 18.4. The molecule has 156 valence electrons. The molecule has 6 nitrogen and oxygen atoms in total. The van der Waals surface area contributed by atoms with Gasteiger partial charge in [-0.3, -0.25) is 9.98 Å². The SMILES string of the molecule is CCc1nc(C)c(N2CCC(N(CC)CC)CC2)n2nc(C3=NC=CCC3)cc12. The van der Waals surface area contributed by atoms with Crippen molar-refractivity contribution in [2.24, 2.45) is 4.99 Å². The lowest BCUT2D eigenvalue weighted by Crippen LogP contribution is -2.45. The van der Waals surface area contributed by atoms with Crippen LogP contribution in [0, 0.1) is 6.92 Å². The zero-order chi connectivity index (χ0) is 20.4. The van der Waals surface area contributed by atoms with E-state index in [-0.39, 0.29) is 0 Å². The number of nitrogens with zero attached hydrogens (tertiary/aromatic N) is 6. The minimum Gasteiger partial charge on any atom is -0.355 e. The summed E-state index contributed by atoms with van der Waals surface area (Å²) in [5.74, 6) is 1.16. The van der Waals surface area contributed by atoms with Crippen molar-refractivity contribution in [2.75, 3.05) is 31.1 Å². The summed E-state index contributed by atoms with van der Waals surface area (Å²) in [6.45, 7) is 13.2. The number of hydrogen-bond donors (Lipinski definition) is 0. The van der Waals surface area contributed by atoms with Crippen molar-refractivity contribution in [3.63, 3.8) is 0 Å². The predicted molar refractivity (Wildman–Crippen MR) is 120 cm³/mol. The van der Waals surface area contributed by atoms with Gasteiger partial charge in [-0.05, 0) is 58.2 Å². The van der Waals surface area contributed by atoms with Gasteiger partial charge in [0.25, 0.3) is 0 Å². The fourth-order valence-electron chi connectivity index (χ4n) is 4.85. The molecule has 0 atom stereocenters. The van der Waals surface area contributed by atoms with Crippen molar-refractivity contribution >= 4 is 17.0 Å². The van der Waals surface area contributed by atoms with E-state index in [0.29, 0.717) is 6.04 Å². The maximum Gasteiger partial charge on any atom is 0.152 e. The number of hydrogen-bond acceptors (Lipinski definition) is 5. The molecule has 0 aromatic carbocycles. The van der Waals surface area contributed by atoms with Gasteiger partial charge in [0, 0.05) is 25.3 Å². The maximum absolute atomic E-state index is 5.03. The summed E-state index contributed by atoms with van der Waals surface area (Å²) in [5, 5.41) is 5.03. The first-order valence-electron chi connectivity index (χ1n) is 11.3. The summed E-state index contributed by atoms with van der Waals surface area (Å²) in [5.41, 5.74) is 5.41. The van der Waals surface area contributed by atoms with E-state index in [4.69, 9.17) is 10.1 Å². The quantitative estimate of drug-likeness (QED) is 0.743. The molecule has 2 aromatic rings. The Morgan fingerprint density at radius 2 is 1.90 bits per heavy atom. The van der Waals surface area contributed by atoms with Gasteiger partial charge < -0.3 is 9.80 Å². The van der Waals surface area contributed by atoms with E-state index < -0.39 is 0 Å². The molecule has 6 heteroatoms. The van der Waals surface area contributed by atoms with Crippen molar-refractivity contribution in [3.05, 3.63) is 35.4 Å². The van der Waals surface area contributed by atoms with Gasteiger partial charge in [-0.25, -0.2) is 4.52 Å². The summed E-state index contributed by atoms with van der Waals surface area (Å²) in [4.78, 5) is 14.6. The predicted octanol–water partition coefficient (Wildman–Crippen LogP) is 4.01. The van der Waals surface area contributed by atoms with Crippen molar-refractivity contribution < 1.29 is 0 Å². The van der Waals surface area contributed by atoms with Gasteiger partial charge in [0.15, 0.2) is 5.82 Å². The molecule has 0 bridgehead atoms. The smallest absolute Gasteiger partial charge is 0.152 e. The molecule has 1 fully saturated rings. The molecule has 0 aliphatic carbocycles. The van der Waals surface area contributed by atoms with Gasteiger partial charge in [-0.2, -0.15) is 5.10 Å². The Hall–Kier alpha value is -2.21. The fraction of sp³-hybridized carbons (Fsp3) is 0.609. The molecule has 0 amide bonds. The normalized spacial score (nSPS) is 18.1. The zero-order valence-electron chi connectivity index (χ0n) is 18.4. The molecule has 0 saturated carbocycles. The molecule has 0 radical (unpaired) electrons. The van der Waals surface area contributed by atoms with Gasteiger partial charge in [-0.15, -0.1) is 0 Å². The Morgan fingerprint density at radius 1 is 1.14 bits per heavy atom. The first kappa shape index (κ1) is 20.1. The van der Waals surface area contributed by atoms with Crippen molar-refractivity contribution in [1.82, 2.24) is 19.5 Å². The molecule has 4 rings (SSSR count). The molecule has 29 heavy (non-hydrogen) atoms. The second-order valence-electron chi connectivity index (χ2n) is 8.09. The van der Waals surface area contributed by atoms with Crippen LogP contribution in [-0.2, 0) is 6.42 Å². The molecule has 1 saturated heterocycles. The lowest BCUT2D eigenvalue weighted by molar-refractivity contribution is 0.186. The van der Waals surface area contributed by atoms with E-state index in [1.54, 1.807) is 0 Å². The van der Waals surface area contributed by atoms with Crippen LogP contribution in [-0.4, -0.2) is 57.4 Å². The number of anilines is 1. The Labute approximate surface area is 174 Å². The molecular formula is C23H34N6. The summed E-state index contributed by atoms with van der Waals surface area (Å²) in [6, 6.07) is 2.88. The highest BCUT2D eigenvalue weighted by atomic mass is 15.4. The largest absolute Gasteiger partial charge is 0.355 e. The summed E-state index contributed by atoms with van der Waals surface area (Å²) in [7, 11) is 0. The highest BCUT2D eigenvalue weighted by Crippen LogP contribution is 2.28. The number of fused-ring (bicyclic) bond motifs is 1. The summed E-state index contributed by atoms with van der Waals surface area (Å²) < 4.78 is 2.15. The van der Waals surface area contributed by atoms with Crippen LogP contribution in [0.1, 0.15) is 63.5 Å². The van der Waals surface area contributed by atoms with Crippen LogP contribution < -0.4 is 4.90 Å². The van der Waals surface area contributed by atoms with Crippen LogP contribution in [0.2, 0.25) is 0 Å². The third-order valence-electron chi connectivity index (χ3n) is 6.44. The molecule has 0 unspecified atom stereocenters. The number of allylic oxidation sites excluding steroid dienone is 1. The minimum atomic E-state index is 0.691. The van der Waals surface area contributed by atoms with Crippen LogP contribution in [0.5, 0.6) is 0 Å². The maximum atomic E-state index is 5.03. The molecule has 2 aliphatic heterocycles. The molecule has 4 heterocycles. The van der Waals surface area contributed by atoms with Crippen LogP contribution >= 0.6 is 0 Å². The van der Waals surface area contributed by atoms with Gasteiger partial charge in [0.05, 0.1) is 22.6 Å². The molecule has 0 spiro atoms. The number of rotatable bonds is 6. The van der Waals surface area contributed by atoms with Crippen LogP contribution in [0.15, 0.2) is 23.3 Å². The van der Waals surface area contributed by atoms with E-state index in [1.165, 1.54) is 12.8 Å². The van der Waals surface area contributed by atoms with E-state index in [2.05, 4.69) is 59.1 Å². The first-order chi connectivity index (χ1) is 14.2. The highest BCUT2D eigenvalue weighted by Gasteiger charge is 2.27. The Kier molecular flexibility index (Phi) is 5.99. The van der Waals surface area contributed by atoms with Crippen molar-refractivity contribution in [3.8, 4) is 0 Å². The number of aliphatic imine (C=N–C) groups is 1. The van der Waals surface area contributed by atoms with Crippen LogP contribution in [0.4, 0.5) is 5.82 Å². The van der Waals surface area contributed by atoms with Crippen molar-refractivity contribution in [1.29, 1.82) is 0 Å². The summed E-state index contributed by atoms with van der Waals surface area (Å²) in [6.07, 6.45) is 9.33. The molecule has 0 N–H and O–H groups in total. The number of aryl methyl sites for hydroxylation is 2. The lowest BCUT2D eigenvalue weighted by atomic mass is 10.0. The van der Waals surface area contributed by atoms with Crippen LogP contribution in [0.3, 0.4) is 0 Å². The molecule has 2 aromatic heterocycles.